The predicted octanol–water partition coefficient (Wildman–Crippen LogP) is 2.52. The van der Waals surface area contributed by atoms with Crippen molar-refractivity contribution in [3.8, 4) is 0 Å². The van der Waals surface area contributed by atoms with E-state index in [9.17, 15) is 0 Å². The summed E-state index contributed by atoms with van der Waals surface area (Å²) in [5.74, 6) is 0.574. The van der Waals surface area contributed by atoms with Crippen molar-refractivity contribution in [3.05, 3.63) is 47.9 Å². The fourth-order valence-corrected chi connectivity index (χ4v) is 1.37. The normalized spacial score (nSPS) is 24.6. The fraction of sp³-hybridized carbons (Fsp3) is 0.273. The smallest absolute Gasteiger partial charge is 0.226 e. The van der Waals surface area contributed by atoms with Crippen LogP contribution in [-0.2, 0) is 9.47 Å². The van der Waals surface area contributed by atoms with Gasteiger partial charge in [-0.15, -0.1) is 0 Å². The number of aliphatic hydroxyl groups excluding tert-OH is 1. The van der Waals surface area contributed by atoms with Gasteiger partial charge >= 0.3 is 0 Å². The highest BCUT2D eigenvalue weighted by molar-refractivity contribution is 5.16. The van der Waals surface area contributed by atoms with Gasteiger partial charge in [-0.1, -0.05) is 30.3 Å². The zero-order valence-electron chi connectivity index (χ0n) is 7.72. The highest BCUT2D eigenvalue weighted by Gasteiger charge is 2.19. The molecule has 1 heterocycles. The Bertz CT molecular complexity index is 319. The van der Waals surface area contributed by atoms with E-state index in [1.807, 2.05) is 30.3 Å². The number of aliphatic hydroxyl groups is 1. The van der Waals surface area contributed by atoms with Crippen LogP contribution in [0.1, 0.15) is 18.3 Å². The third-order valence-electron chi connectivity index (χ3n) is 2.09. The summed E-state index contributed by atoms with van der Waals surface area (Å²) in [4.78, 5) is 0. The molecule has 0 amide bonds. The third kappa shape index (κ3) is 1.88. The van der Waals surface area contributed by atoms with E-state index in [2.05, 4.69) is 0 Å². The Hall–Kier alpha value is -1.48. The molecule has 74 valence electrons. The summed E-state index contributed by atoms with van der Waals surface area (Å²) in [7, 11) is 0. The van der Waals surface area contributed by atoms with E-state index in [1.165, 1.54) is 0 Å². The van der Waals surface area contributed by atoms with Crippen molar-refractivity contribution in [1.82, 2.24) is 0 Å². The van der Waals surface area contributed by atoms with E-state index >= 15 is 0 Å². The molecule has 1 N–H and O–H groups in total. The lowest BCUT2D eigenvalue weighted by molar-refractivity contribution is -0.153. The van der Waals surface area contributed by atoms with Gasteiger partial charge in [-0.05, 0) is 0 Å². The van der Waals surface area contributed by atoms with Gasteiger partial charge in [-0.25, -0.2) is 0 Å². The molecule has 1 aromatic carbocycles. The fourth-order valence-electron chi connectivity index (χ4n) is 1.37. The second-order valence-corrected chi connectivity index (χ2v) is 3.08. The van der Waals surface area contributed by atoms with Crippen LogP contribution in [0.4, 0.5) is 0 Å². The van der Waals surface area contributed by atoms with Gasteiger partial charge in [0.2, 0.25) is 6.29 Å². The van der Waals surface area contributed by atoms with E-state index in [4.69, 9.17) is 14.6 Å². The Labute approximate surface area is 82.6 Å². The molecule has 1 unspecified atom stereocenters. The van der Waals surface area contributed by atoms with Crippen molar-refractivity contribution in [2.24, 2.45) is 0 Å². The standard InChI is InChI=1S/C11H12O3/c12-8-10-6-7-13-11(14-10)9-4-2-1-3-5-9/h1-5,8,11-12H,6-7H2. The topological polar surface area (TPSA) is 38.7 Å². The number of ether oxygens (including phenoxy) is 2. The van der Waals surface area contributed by atoms with E-state index < -0.39 is 0 Å². The summed E-state index contributed by atoms with van der Waals surface area (Å²) in [6.45, 7) is 0.575. The van der Waals surface area contributed by atoms with Crippen LogP contribution in [0, 0.1) is 0 Å². The van der Waals surface area contributed by atoms with Crippen molar-refractivity contribution in [2.45, 2.75) is 12.7 Å². The minimum absolute atomic E-state index is 0.386. The molecule has 0 saturated carbocycles. The Balaban J connectivity index is 2.12. The third-order valence-corrected chi connectivity index (χ3v) is 2.09. The highest BCUT2D eigenvalue weighted by atomic mass is 16.7. The van der Waals surface area contributed by atoms with E-state index in [0.717, 1.165) is 11.8 Å². The molecular weight excluding hydrogens is 180 g/mol. The maximum Gasteiger partial charge on any atom is 0.226 e. The molecule has 0 spiro atoms. The molecule has 0 aromatic heterocycles. The molecule has 1 aliphatic rings. The van der Waals surface area contributed by atoms with Crippen LogP contribution in [0.3, 0.4) is 0 Å². The second kappa shape index (κ2) is 4.15. The Morgan fingerprint density at radius 1 is 1.29 bits per heavy atom. The molecule has 0 bridgehead atoms. The minimum atomic E-state index is -0.386. The molecule has 1 aromatic rings. The van der Waals surface area contributed by atoms with Gasteiger partial charge in [0.05, 0.1) is 6.61 Å². The van der Waals surface area contributed by atoms with Gasteiger partial charge in [-0.2, -0.15) is 0 Å². The van der Waals surface area contributed by atoms with E-state index in [-0.39, 0.29) is 6.29 Å². The van der Waals surface area contributed by atoms with Crippen LogP contribution in [-0.4, -0.2) is 11.7 Å². The summed E-state index contributed by atoms with van der Waals surface area (Å²) in [6.07, 6.45) is 1.24. The summed E-state index contributed by atoms with van der Waals surface area (Å²) in [5, 5.41) is 8.81. The molecule has 1 atom stereocenters. The van der Waals surface area contributed by atoms with Crippen LogP contribution in [0.2, 0.25) is 0 Å². The largest absolute Gasteiger partial charge is 0.512 e. The number of hydrogen-bond acceptors (Lipinski definition) is 3. The first-order chi connectivity index (χ1) is 6.90. The first-order valence-electron chi connectivity index (χ1n) is 4.56. The Kier molecular flexibility index (Phi) is 2.70. The molecular formula is C11H12O3. The average molecular weight is 192 g/mol. The molecule has 1 fully saturated rings. The van der Waals surface area contributed by atoms with Crippen LogP contribution in [0.25, 0.3) is 0 Å². The molecule has 1 aliphatic heterocycles. The molecule has 14 heavy (non-hydrogen) atoms. The van der Waals surface area contributed by atoms with Crippen molar-refractivity contribution in [3.63, 3.8) is 0 Å². The number of rotatable bonds is 1. The number of benzene rings is 1. The molecule has 0 radical (unpaired) electrons. The minimum Gasteiger partial charge on any atom is -0.512 e. The average Bonchev–Trinajstić information content (AvgIpc) is 2.30. The molecule has 0 aliphatic carbocycles. The number of hydrogen-bond donors (Lipinski definition) is 1. The van der Waals surface area contributed by atoms with Gasteiger partial charge in [-0.3, -0.25) is 0 Å². The van der Waals surface area contributed by atoms with Gasteiger partial charge in [0.1, 0.15) is 12.0 Å². The zero-order chi connectivity index (χ0) is 9.80. The first-order valence-corrected chi connectivity index (χ1v) is 4.56. The van der Waals surface area contributed by atoms with Crippen molar-refractivity contribution < 1.29 is 14.6 Å². The van der Waals surface area contributed by atoms with E-state index in [1.54, 1.807) is 0 Å². The second-order valence-electron chi connectivity index (χ2n) is 3.08. The molecule has 1 saturated heterocycles. The van der Waals surface area contributed by atoms with Crippen LogP contribution in [0.5, 0.6) is 0 Å². The van der Waals surface area contributed by atoms with Crippen LogP contribution in [0.15, 0.2) is 42.4 Å². The maximum atomic E-state index is 8.81. The highest BCUT2D eigenvalue weighted by Crippen LogP contribution is 2.27. The van der Waals surface area contributed by atoms with Crippen LogP contribution < -0.4 is 0 Å². The first kappa shape index (κ1) is 9.09. The SMILES string of the molecule is OC=C1CCOC(c2ccccc2)O1. The Morgan fingerprint density at radius 2 is 2.07 bits per heavy atom. The van der Waals surface area contributed by atoms with Gasteiger partial charge in [0, 0.05) is 12.0 Å². The quantitative estimate of drug-likeness (QED) is 0.695. The van der Waals surface area contributed by atoms with Gasteiger partial charge < -0.3 is 14.6 Å². The van der Waals surface area contributed by atoms with E-state index in [0.29, 0.717) is 18.8 Å². The lowest BCUT2D eigenvalue weighted by Gasteiger charge is -2.25. The van der Waals surface area contributed by atoms with Crippen LogP contribution >= 0.6 is 0 Å². The Morgan fingerprint density at radius 3 is 2.79 bits per heavy atom. The van der Waals surface area contributed by atoms with Gasteiger partial charge in [0.25, 0.3) is 0 Å². The summed E-state index contributed by atoms with van der Waals surface area (Å²) < 4.78 is 10.8. The summed E-state index contributed by atoms with van der Waals surface area (Å²) in [5.41, 5.74) is 0.964. The zero-order valence-corrected chi connectivity index (χ0v) is 7.72. The predicted molar refractivity (Wildman–Crippen MR) is 51.5 cm³/mol. The molecule has 3 heteroatoms. The molecule has 2 rings (SSSR count). The van der Waals surface area contributed by atoms with Crippen molar-refractivity contribution >= 4 is 0 Å². The molecule has 3 nitrogen and oxygen atoms in total. The lowest BCUT2D eigenvalue weighted by Crippen LogP contribution is -2.16. The van der Waals surface area contributed by atoms with Gasteiger partial charge in [0.15, 0.2) is 0 Å². The van der Waals surface area contributed by atoms with Crippen molar-refractivity contribution in [2.75, 3.05) is 6.61 Å². The maximum absolute atomic E-state index is 8.81. The monoisotopic (exact) mass is 192 g/mol. The summed E-state index contributed by atoms with van der Waals surface area (Å²) >= 11 is 0. The van der Waals surface area contributed by atoms with Crippen molar-refractivity contribution in [1.29, 1.82) is 0 Å². The lowest BCUT2D eigenvalue weighted by atomic mass is 10.2. The summed E-state index contributed by atoms with van der Waals surface area (Å²) in [6, 6.07) is 9.67.